The number of aliphatic hydroxyl groups is 2. The molecule has 0 saturated carbocycles. The Balaban J connectivity index is 3.09. The summed E-state index contributed by atoms with van der Waals surface area (Å²) in [6.45, 7) is 2.54. The number of unbranched alkanes of at least 4 members (excludes halogenated alkanes) is 1. The summed E-state index contributed by atoms with van der Waals surface area (Å²) in [5, 5.41) is 23.1. The molecule has 1 aromatic carbocycles. The molecular formula is C23H43NO9P2. The number of hydrogen-bond acceptors (Lipinski definition) is 10. The fraction of sp³-hybridized carbons (Fsp3) is 0.739. The summed E-state index contributed by atoms with van der Waals surface area (Å²) in [6.07, 6.45) is 3.18. The van der Waals surface area contributed by atoms with E-state index in [1.54, 1.807) is 0 Å². The third-order valence-corrected chi connectivity index (χ3v) is 9.64. The Kier molecular flexibility index (Phi) is 15.0. The summed E-state index contributed by atoms with van der Waals surface area (Å²) in [5.41, 5.74) is 1.69. The molecule has 0 radical (unpaired) electrons. The third-order valence-electron chi connectivity index (χ3n) is 5.87. The number of hydrogen-bond donors (Lipinski definition) is 3. The third kappa shape index (κ3) is 11.1. The zero-order valence-electron chi connectivity index (χ0n) is 21.7. The van der Waals surface area contributed by atoms with Gasteiger partial charge in [-0.25, -0.2) is 0 Å². The van der Waals surface area contributed by atoms with Crippen LogP contribution in [0.3, 0.4) is 0 Å². The number of aliphatic hydroxyl groups excluding tert-OH is 2. The second-order valence-corrected chi connectivity index (χ2v) is 13.2. The van der Waals surface area contributed by atoms with E-state index < -0.39 is 20.7 Å². The minimum atomic E-state index is -3.18. The van der Waals surface area contributed by atoms with E-state index in [-0.39, 0.29) is 32.1 Å². The van der Waals surface area contributed by atoms with Crippen molar-refractivity contribution < 1.29 is 42.2 Å². The SMILES string of the molecule is CCCCOCC(CO)(CO)NCc1cc(CCP(=O)(OC)OC)cc(CCP(=O)(OC)OC)c1. The van der Waals surface area contributed by atoms with Gasteiger partial charge in [0.2, 0.25) is 0 Å². The van der Waals surface area contributed by atoms with E-state index in [2.05, 4.69) is 12.2 Å². The topological polar surface area (TPSA) is 133 Å². The first-order valence-electron chi connectivity index (χ1n) is 11.7. The predicted molar refractivity (Wildman–Crippen MR) is 136 cm³/mol. The minimum Gasteiger partial charge on any atom is -0.394 e. The highest BCUT2D eigenvalue weighted by Crippen LogP contribution is 2.47. The molecule has 1 rings (SSSR count). The molecule has 0 aromatic heterocycles. The van der Waals surface area contributed by atoms with Crippen LogP contribution in [0.1, 0.15) is 36.5 Å². The number of ether oxygens (including phenoxy) is 1. The lowest BCUT2D eigenvalue weighted by Gasteiger charge is -2.31. The van der Waals surface area contributed by atoms with Crippen molar-refractivity contribution in [3.05, 3.63) is 34.9 Å². The number of benzene rings is 1. The van der Waals surface area contributed by atoms with Crippen LogP contribution in [0.25, 0.3) is 0 Å². The van der Waals surface area contributed by atoms with E-state index >= 15 is 0 Å². The van der Waals surface area contributed by atoms with Crippen LogP contribution in [-0.4, -0.2) is 82.9 Å². The smallest absolute Gasteiger partial charge is 0.330 e. The fourth-order valence-electron chi connectivity index (χ4n) is 3.38. The fourth-order valence-corrected chi connectivity index (χ4v) is 5.48. The Hall–Kier alpha value is -0.640. The highest BCUT2D eigenvalue weighted by Gasteiger charge is 2.29. The van der Waals surface area contributed by atoms with Crippen molar-refractivity contribution in [1.29, 1.82) is 0 Å². The van der Waals surface area contributed by atoms with Crippen LogP contribution in [0, 0.1) is 0 Å². The Morgan fingerprint density at radius 1 is 0.829 bits per heavy atom. The van der Waals surface area contributed by atoms with Gasteiger partial charge in [-0.05, 0) is 36.0 Å². The van der Waals surface area contributed by atoms with Crippen LogP contribution < -0.4 is 5.32 Å². The molecule has 12 heteroatoms. The lowest BCUT2D eigenvalue weighted by Crippen LogP contribution is -2.55. The molecule has 0 fully saturated rings. The molecule has 10 nitrogen and oxygen atoms in total. The summed E-state index contributed by atoms with van der Waals surface area (Å²) in [7, 11) is -0.938. The molecule has 0 unspecified atom stereocenters. The molecule has 0 aliphatic carbocycles. The highest BCUT2D eigenvalue weighted by molar-refractivity contribution is 7.54. The van der Waals surface area contributed by atoms with Gasteiger partial charge in [-0.15, -0.1) is 0 Å². The first-order valence-corrected chi connectivity index (χ1v) is 15.2. The van der Waals surface area contributed by atoms with E-state index in [9.17, 15) is 19.3 Å². The van der Waals surface area contributed by atoms with Gasteiger partial charge in [-0.1, -0.05) is 31.5 Å². The number of rotatable bonds is 20. The van der Waals surface area contributed by atoms with Crippen LogP contribution in [0.2, 0.25) is 0 Å². The van der Waals surface area contributed by atoms with Gasteiger partial charge in [0.1, 0.15) is 0 Å². The number of aryl methyl sites for hydroxylation is 2. The van der Waals surface area contributed by atoms with Crippen molar-refractivity contribution in [2.45, 2.75) is 44.7 Å². The molecule has 1 aromatic rings. The van der Waals surface area contributed by atoms with Gasteiger partial charge in [-0.3, -0.25) is 9.13 Å². The average molecular weight is 540 g/mol. The maximum atomic E-state index is 12.5. The molecule has 0 bridgehead atoms. The Labute approximate surface area is 209 Å². The molecule has 0 aliphatic rings. The van der Waals surface area contributed by atoms with Crippen LogP contribution >= 0.6 is 15.2 Å². The van der Waals surface area contributed by atoms with E-state index in [4.69, 9.17) is 22.8 Å². The minimum absolute atomic E-state index is 0.169. The van der Waals surface area contributed by atoms with Crippen molar-refractivity contribution in [1.82, 2.24) is 5.32 Å². The van der Waals surface area contributed by atoms with Crippen molar-refractivity contribution in [2.24, 2.45) is 0 Å². The lowest BCUT2D eigenvalue weighted by molar-refractivity contribution is 0.00281. The van der Waals surface area contributed by atoms with Crippen molar-refractivity contribution >= 4 is 15.2 Å². The van der Waals surface area contributed by atoms with Gasteiger partial charge in [0, 0.05) is 41.6 Å². The molecule has 0 aliphatic heterocycles. The first-order chi connectivity index (χ1) is 16.7. The molecule has 0 atom stereocenters. The Bertz CT molecular complexity index is 769. The molecule has 35 heavy (non-hydrogen) atoms. The van der Waals surface area contributed by atoms with E-state index in [1.807, 2.05) is 18.2 Å². The van der Waals surface area contributed by atoms with Gasteiger partial charge < -0.3 is 38.4 Å². The average Bonchev–Trinajstić information content (AvgIpc) is 2.90. The molecular weight excluding hydrogens is 496 g/mol. The molecule has 0 heterocycles. The maximum absolute atomic E-state index is 12.5. The lowest BCUT2D eigenvalue weighted by atomic mass is 9.99. The summed E-state index contributed by atoms with van der Waals surface area (Å²) >= 11 is 0. The van der Waals surface area contributed by atoms with Crippen molar-refractivity contribution in [2.75, 3.05) is 67.2 Å². The molecule has 0 amide bonds. The Morgan fingerprint density at radius 2 is 1.29 bits per heavy atom. The first kappa shape index (κ1) is 32.4. The van der Waals surface area contributed by atoms with Gasteiger partial charge >= 0.3 is 15.2 Å². The van der Waals surface area contributed by atoms with Crippen LogP contribution in [0.4, 0.5) is 0 Å². The van der Waals surface area contributed by atoms with Gasteiger partial charge in [-0.2, -0.15) is 0 Å². The maximum Gasteiger partial charge on any atom is 0.330 e. The monoisotopic (exact) mass is 539 g/mol. The van der Waals surface area contributed by atoms with Gasteiger partial charge in [0.05, 0.1) is 37.7 Å². The summed E-state index contributed by atoms with van der Waals surface area (Å²) in [5.74, 6) is 0. The molecule has 0 spiro atoms. The van der Waals surface area contributed by atoms with Crippen LogP contribution in [0.15, 0.2) is 18.2 Å². The molecule has 3 N–H and O–H groups in total. The van der Waals surface area contributed by atoms with Crippen molar-refractivity contribution in [3.63, 3.8) is 0 Å². The normalized spacial score (nSPS) is 12.9. The predicted octanol–water partition coefficient (Wildman–Crippen LogP) is 3.37. The zero-order chi connectivity index (χ0) is 26.4. The highest BCUT2D eigenvalue weighted by atomic mass is 31.2. The zero-order valence-corrected chi connectivity index (χ0v) is 23.4. The second kappa shape index (κ2) is 16.3. The standard InChI is InChI=1S/C23H43NO9P2/c1-6-7-10-33-19-23(17-25,18-26)24-16-22-14-20(8-11-34(27,29-2)30-3)13-21(15-22)9-12-35(28,31-4)32-5/h13-15,24-26H,6-12,16-19H2,1-5H3. The Morgan fingerprint density at radius 3 is 1.69 bits per heavy atom. The van der Waals surface area contributed by atoms with E-state index in [0.717, 1.165) is 29.5 Å². The molecule has 0 saturated heterocycles. The van der Waals surface area contributed by atoms with Crippen LogP contribution in [-0.2, 0) is 51.3 Å². The van der Waals surface area contributed by atoms with Crippen molar-refractivity contribution in [3.8, 4) is 0 Å². The van der Waals surface area contributed by atoms with Crippen LogP contribution in [0.5, 0.6) is 0 Å². The largest absolute Gasteiger partial charge is 0.394 e. The van der Waals surface area contributed by atoms with E-state index in [1.165, 1.54) is 28.4 Å². The quantitative estimate of drug-likeness (QED) is 0.167. The molecule has 204 valence electrons. The summed E-state index contributed by atoms with van der Waals surface area (Å²) < 4.78 is 50.9. The summed E-state index contributed by atoms with van der Waals surface area (Å²) in [6, 6.07) is 5.86. The number of nitrogens with one attached hydrogen (secondary N) is 1. The second-order valence-electron chi connectivity index (χ2n) is 8.41. The van der Waals surface area contributed by atoms with Gasteiger partial charge in [0.15, 0.2) is 0 Å². The van der Waals surface area contributed by atoms with Gasteiger partial charge in [0.25, 0.3) is 0 Å². The summed E-state index contributed by atoms with van der Waals surface area (Å²) in [4.78, 5) is 0. The van der Waals surface area contributed by atoms with E-state index in [0.29, 0.717) is 26.0 Å².